The number of aromatic carboxylic acids is 4. The monoisotopic (exact) mass is 494 g/mol. The van der Waals surface area contributed by atoms with Crippen molar-refractivity contribution < 1.29 is 39.6 Å². The van der Waals surface area contributed by atoms with E-state index in [4.69, 9.17) is 0 Å². The molecule has 37 heavy (non-hydrogen) atoms. The predicted octanol–water partition coefficient (Wildman–Crippen LogP) is 5.38. The van der Waals surface area contributed by atoms with E-state index in [2.05, 4.69) is 0 Å². The maximum absolute atomic E-state index is 12.6. The molecule has 0 spiro atoms. The number of fused-ring (bicyclic) bond motifs is 3. The highest BCUT2D eigenvalue weighted by molar-refractivity contribution is 6.19. The largest absolute Gasteiger partial charge is 0.478 e. The summed E-state index contributed by atoms with van der Waals surface area (Å²) in [5.41, 5.74) is 0.0936. The van der Waals surface area contributed by atoms with Gasteiger partial charge in [-0.25, -0.2) is 19.2 Å². The van der Waals surface area contributed by atoms with Crippen molar-refractivity contribution in [1.82, 2.24) is 0 Å². The van der Waals surface area contributed by atoms with Gasteiger partial charge in [-0.05, 0) is 45.4 Å². The number of carbonyl (C=O) groups is 4. The normalized spacial score (nSPS) is 11.5. The molecule has 182 valence electrons. The Balaban J connectivity index is 2.03. The number of benzene rings is 4. The summed E-state index contributed by atoms with van der Waals surface area (Å²) < 4.78 is 0. The topological polar surface area (TPSA) is 149 Å². The number of hydrogen-bond donors (Lipinski definition) is 4. The summed E-state index contributed by atoms with van der Waals surface area (Å²) in [5, 5.41) is 39.9. The van der Waals surface area contributed by atoms with Gasteiger partial charge in [0.05, 0.1) is 22.3 Å². The number of rotatable bonds is 6. The molecule has 0 bridgehead atoms. The fraction of sp³-hybridized carbons (Fsp3) is 0.0345. The van der Waals surface area contributed by atoms with Gasteiger partial charge in [0.25, 0.3) is 0 Å². The maximum Gasteiger partial charge on any atom is 0.337 e. The lowest BCUT2D eigenvalue weighted by atomic mass is 9.82. The molecule has 4 aromatic carbocycles. The summed E-state index contributed by atoms with van der Waals surface area (Å²) in [4.78, 5) is 49.3. The van der Waals surface area contributed by atoms with Crippen LogP contribution in [0.2, 0.25) is 0 Å². The smallest absolute Gasteiger partial charge is 0.337 e. The molecule has 0 amide bonds. The van der Waals surface area contributed by atoms with Crippen molar-refractivity contribution in [3.05, 3.63) is 106 Å². The van der Waals surface area contributed by atoms with Crippen molar-refractivity contribution in [3.63, 3.8) is 0 Å². The van der Waals surface area contributed by atoms with E-state index >= 15 is 0 Å². The summed E-state index contributed by atoms with van der Waals surface area (Å²) in [6.45, 7) is 0. The molecule has 0 aromatic heterocycles. The molecule has 1 aliphatic carbocycles. The molecule has 4 aromatic rings. The van der Waals surface area contributed by atoms with Crippen LogP contribution in [0.5, 0.6) is 0 Å². The first-order chi connectivity index (χ1) is 17.7. The van der Waals surface area contributed by atoms with Crippen LogP contribution < -0.4 is 0 Å². The molecule has 0 atom stereocenters. The summed E-state index contributed by atoms with van der Waals surface area (Å²) in [7, 11) is 0. The van der Waals surface area contributed by atoms with Crippen LogP contribution in [0.1, 0.15) is 52.6 Å². The second-order valence-electron chi connectivity index (χ2n) is 8.51. The Morgan fingerprint density at radius 2 is 0.973 bits per heavy atom. The molecular weight excluding hydrogens is 476 g/mol. The molecule has 0 radical (unpaired) electrons. The van der Waals surface area contributed by atoms with Crippen molar-refractivity contribution in [2.45, 2.75) is 6.42 Å². The van der Waals surface area contributed by atoms with Crippen molar-refractivity contribution in [1.29, 1.82) is 0 Å². The Morgan fingerprint density at radius 1 is 0.486 bits per heavy atom. The van der Waals surface area contributed by atoms with E-state index in [1.165, 1.54) is 0 Å². The van der Waals surface area contributed by atoms with Gasteiger partial charge in [-0.3, -0.25) is 0 Å². The number of hydrogen-bond acceptors (Lipinski definition) is 4. The standard InChI is InChI=1S/C29H18O8/c30-26(31)22-18-13-16-11-12-17(14-7-3-1-4-8-14)19(15-9-5-2-6-10-15)20(16)21(18)23(27(32)33)25(29(36)37)24(22)28(34)35/h1-12H,13H2,(H,30,31)(H,32,33)(H,34,35)(H,36,37). The van der Waals surface area contributed by atoms with Gasteiger partial charge in [-0.1, -0.05) is 72.8 Å². The van der Waals surface area contributed by atoms with Crippen LogP contribution in [0.3, 0.4) is 0 Å². The van der Waals surface area contributed by atoms with E-state index in [-0.39, 0.29) is 17.5 Å². The number of carboxylic acids is 4. The second kappa shape index (κ2) is 8.76. The van der Waals surface area contributed by atoms with Crippen LogP contribution in [-0.4, -0.2) is 44.3 Å². The maximum atomic E-state index is 12.6. The van der Waals surface area contributed by atoms with Gasteiger partial charge in [-0.15, -0.1) is 0 Å². The number of carboxylic acid groups (broad SMARTS) is 4. The highest BCUT2D eigenvalue weighted by Gasteiger charge is 2.40. The fourth-order valence-electron chi connectivity index (χ4n) is 5.16. The molecule has 0 fully saturated rings. The lowest BCUT2D eigenvalue weighted by Crippen LogP contribution is -2.22. The zero-order chi connectivity index (χ0) is 26.4. The third-order valence-corrected chi connectivity index (χ3v) is 6.52. The molecular formula is C29H18O8. The SMILES string of the molecule is O=C(O)c1c2c(c(C(=O)O)c(C(=O)O)c1C(=O)O)-c1c(ccc(-c3ccccc3)c1-c1ccccc1)C2. The zero-order valence-corrected chi connectivity index (χ0v) is 19.1. The van der Waals surface area contributed by atoms with Crippen molar-refractivity contribution >= 4 is 23.9 Å². The molecule has 0 saturated carbocycles. The van der Waals surface area contributed by atoms with E-state index in [0.717, 1.165) is 11.1 Å². The van der Waals surface area contributed by atoms with Gasteiger partial charge in [-0.2, -0.15) is 0 Å². The highest BCUT2D eigenvalue weighted by Crippen LogP contribution is 2.51. The molecule has 1 aliphatic rings. The molecule has 0 heterocycles. The van der Waals surface area contributed by atoms with E-state index < -0.39 is 46.1 Å². The minimum atomic E-state index is -1.84. The summed E-state index contributed by atoms with van der Waals surface area (Å²) in [5.74, 6) is -6.98. The third-order valence-electron chi connectivity index (χ3n) is 6.52. The fourth-order valence-corrected chi connectivity index (χ4v) is 5.16. The van der Waals surface area contributed by atoms with Crippen LogP contribution >= 0.6 is 0 Å². The molecule has 0 saturated heterocycles. The van der Waals surface area contributed by atoms with Crippen LogP contribution in [0.4, 0.5) is 0 Å². The molecule has 0 aliphatic heterocycles. The van der Waals surface area contributed by atoms with Gasteiger partial charge < -0.3 is 20.4 Å². The molecule has 8 nitrogen and oxygen atoms in total. The van der Waals surface area contributed by atoms with Crippen molar-refractivity contribution in [2.24, 2.45) is 0 Å². The Labute approximate surface area is 209 Å². The van der Waals surface area contributed by atoms with E-state index in [9.17, 15) is 39.6 Å². The molecule has 4 N–H and O–H groups in total. The van der Waals surface area contributed by atoms with Gasteiger partial charge in [0, 0.05) is 5.56 Å². The zero-order valence-electron chi connectivity index (χ0n) is 19.1. The average Bonchev–Trinajstić information content (AvgIpc) is 3.26. The van der Waals surface area contributed by atoms with Crippen LogP contribution in [-0.2, 0) is 6.42 Å². The average molecular weight is 494 g/mol. The summed E-state index contributed by atoms with van der Waals surface area (Å²) in [6.07, 6.45) is -0.0678. The van der Waals surface area contributed by atoms with E-state index in [1.807, 2.05) is 54.6 Å². The first-order valence-electron chi connectivity index (χ1n) is 11.2. The van der Waals surface area contributed by atoms with Crippen LogP contribution in [0, 0.1) is 0 Å². The predicted molar refractivity (Wildman–Crippen MR) is 133 cm³/mol. The quantitative estimate of drug-likeness (QED) is 0.246. The van der Waals surface area contributed by atoms with Crippen LogP contribution in [0.25, 0.3) is 33.4 Å². The van der Waals surface area contributed by atoms with Crippen LogP contribution in [0.15, 0.2) is 72.8 Å². The van der Waals surface area contributed by atoms with Gasteiger partial charge in [0.15, 0.2) is 0 Å². The Kier molecular flexibility index (Phi) is 5.56. The van der Waals surface area contributed by atoms with Gasteiger partial charge >= 0.3 is 23.9 Å². The van der Waals surface area contributed by atoms with Crippen molar-refractivity contribution in [3.8, 4) is 33.4 Å². The Bertz CT molecular complexity index is 1640. The summed E-state index contributed by atoms with van der Waals surface area (Å²) >= 11 is 0. The summed E-state index contributed by atoms with van der Waals surface area (Å²) in [6, 6.07) is 21.9. The second-order valence-corrected chi connectivity index (χ2v) is 8.51. The van der Waals surface area contributed by atoms with E-state index in [1.54, 1.807) is 18.2 Å². The minimum absolute atomic E-state index is 0.0373. The lowest BCUT2D eigenvalue weighted by molar-refractivity contribution is 0.0619. The Hall–Kier alpha value is -5.24. The van der Waals surface area contributed by atoms with Gasteiger partial charge in [0.1, 0.15) is 0 Å². The minimum Gasteiger partial charge on any atom is -0.478 e. The highest BCUT2D eigenvalue weighted by atomic mass is 16.4. The third kappa shape index (κ3) is 3.63. The first-order valence-corrected chi connectivity index (χ1v) is 11.2. The Morgan fingerprint density at radius 3 is 1.49 bits per heavy atom. The molecule has 8 heteroatoms. The van der Waals surface area contributed by atoms with Crippen molar-refractivity contribution in [2.75, 3.05) is 0 Å². The molecule has 5 rings (SSSR count). The van der Waals surface area contributed by atoms with E-state index in [0.29, 0.717) is 22.3 Å². The first kappa shape index (κ1) is 23.5. The lowest BCUT2D eigenvalue weighted by Gasteiger charge is -2.19. The van der Waals surface area contributed by atoms with Gasteiger partial charge in [0.2, 0.25) is 0 Å². The molecule has 0 unspecified atom stereocenters.